The van der Waals surface area contributed by atoms with Crippen LogP contribution in [0.3, 0.4) is 0 Å². The molecule has 5 atom stereocenters. The van der Waals surface area contributed by atoms with Crippen LogP contribution in [0, 0.1) is 5.92 Å². The van der Waals surface area contributed by atoms with Crippen LogP contribution in [0.5, 0.6) is 5.75 Å². The van der Waals surface area contributed by atoms with Crippen molar-refractivity contribution in [3.8, 4) is 5.75 Å². The number of nitrogens with one attached hydrogen (secondary N) is 4. The molecule has 1 saturated heterocycles. The van der Waals surface area contributed by atoms with Crippen molar-refractivity contribution >= 4 is 35.3 Å². The Morgan fingerprint density at radius 1 is 0.945 bits per heavy atom. The SMILES string of the molecule is CCCC(NC(=O)C1C[C@@H]2CN1C(=O)[C@@H](C1CCCCC1)NC(=O)Cc1cccc(c1)OCCCCO2)C(=O)C(=O)NCC(=O)N[C@H](CO)c1ccccc1. The largest absolute Gasteiger partial charge is 0.494 e. The second-order valence-electron chi connectivity index (χ2n) is 14.7. The molecular formula is C41H55N5O9. The van der Waals surface area contributed by atoms with Crippen molar-refractivity contribution in [2.75, 3.05) is 32.9 Å². The number of fused-ring (bicyclic) bond motifs is 4. The summed E-state index contributed by atoms with van der Waals surface area (Å²) in [6.07, 6.45) is 6.22. The molecule has 5 N–H and O–H groups in total. The molecule has 1 aliphatic carbocycles. The molecule has 0 spiro atoms. The van der Waals surface area contributed by atoms with Crippen LogP contribution in [0.1, 0.15) is 88.3 Å². The maximum atomic E-state index is 14.5. The molecule has 14 nitrogen and oxygen atoms in total. The molecule has 2 aromatic carbocycles. The second kappa shape index (κ2) is 20.7. The number of hydrogen-bond donors (Lipinski definition) is 5. The first kappa shape index (κ1) is 41.3. The molecular weight excluding hydrogens is 706 g/mol. The van der Waals surface area contributed by atoms with E-state index in [-0.39, 0.29) is 50.1 Å². The molecule has 5 rings (SSSR count). The predicted octanol–water partition coefficient (Wildman–Crippen LogP) is 2.27. The molecule has 0 aromatic heterocycles. The van der Waals surface area contributed by atoms with E-state index in [1.807, 2.05) is 31.2 Å². The van der Waals surface area contributed by atoms with Crippen molar-refractivity contribution in [1.82, 2.24) is 26.2 Å². The Morgan fingerprint density at radius 3 is 2.45 bits per heavy atom. The highest BCUT2D eigenvalue weighted by molar-refractivity contribution is 6.38. The minimum Gasteiger partial charge on any atom is -0.494 e. The maximum absolute atomic E-state index is 14.5. The lowest BCUT2D eigenvalue weighted by Gasteiger charge is -2.35. The average Bonchev–Trinajstić information content (AvgIpc) is 3.63. The molecule has 4 bridgehead atoms. The third-order valence-corrected chi connectivity index (χ3v) is 10.5. The molecule has 2 unspecified atom stereocenters. The number of Topliss-reactive ketones (excluding diaryl/α,β-unsaturated/α-hetero) is 1. The zero-order chi connectivity index (χ0) is 39.2. The van der Waals surface area contributed by atoms with Crippen molar-refractivity contribution in [1.29, 1.82) is 0 Å². The summed E-state index contributed by atoms with van der Waals surface area (Å²) in [5.74, 6) is -3.28. The van der Waals surface area contributed by atoms with E-state index in [4.69, 9.17) is 9.47 Å². The molecule has 298 valence electrons. The van der Waals surface area contributed by atoms with E-state index >= 15 is 0 Å². The van der Waals surface area contributed by atoms with Crippen LogP contribution in [-0.2, 0) is 39.9 Å². The standard InChI is InChI=1S/C41H55N5O9/c1-2-12-32(38(50)40(52)42-24-36(49)43-33(26-47)28-14-5-3-6-15-28)44-39(51)34-23-31-25-46(34)41(53)37(29-16-7-4-8-17-29)45-35(48)22-27-13-11-18-30(21-27)54-19-9-10-20-55-31/h3,5-6,11,13-15,18,21,29,31-34,37,47H,2,4,7-10,12,16-17,19-20,22-26H2,1H3,(H,42,52)(H,43,49)(H,44,51)(H,45,48)/t31-,32?,33-,34?,37-/m1/s1. The van der Waals surface area contributed by atoms with Crippen LogP contribution in [-0.4, -0.2) is 102 Å². The van der Waals surface area contributed by atoms with Gasteiger partial charge in [0, 0.05) is 19.6 Å². The summed E-state index contributed by atoms with van der Waals surface area (Å²) in [6, 6.07) is 12.4. The molecule has 2 fully saturated rings. The highest BCUT2D eigenvalue weighted by Crippen LogP contribution is 2.30. The molecule has 3 aliphatic rings. The van der Waals surface area contributed by atoms with Crippen LogP contribution in [0.4, 0.5) is 0 Å². The highest BCUT2D eigenvalue weighted by Gasteiger charge is 2.45. The predicted molar refractivity (Wildman–Crippen MR) is 203 cm³/mol. The van der Waals surface area contributed by atoms with Crippen molar-refractivity contribution in [3.05, 3.63) is 65.7 Å². The summed E-state index contributed by atoms with van der Waals surface area (Å²) in [5.41, 5.74) is 1.43. The Kier molecular flexibility index (Phi) is 15.6. The molecule has 2 heterocycles. The van der Waals surface area contributed by atoms with Gasteiger partial charge in [-0.25, -0.2) is 0 Å². The normalized spacial score (nSPS) is 22.3. The topological polar surface area (TPSA) is 192 Å². The minimum atomic E-state index is -1.21. The number of aliphatic hydroxyl groups is 1. The lowest BCUT2D eigenvalue weighted by Crippen LogP contribution is -2.58. The number of ketones is 1. The third-order valence-electron chi connectivity index (χ3n) is 10.5. The summed E-state index contributed by atoms with van der Waals surface area (Å²) in [6.45, 7) is 1.91. The monoisotopic (exact) mass is 761 g/mol. The fraction of sp³-hybridized carbons (Fsp3) is 0.561. The quantitative estimate of drug-likeness (QED) is 0.202. The number of amides is 5. The summed E-state index contributed by atoms with van der Waals surface area (Å²) in [4.78, 5) is 82.7. The number of carbonyl (C=O) groups is 6. The molecule has 0 radical (unpaired) electrons. The van der Waals surface area contributed by atoms with Crippen LogP contribution in [0.25, 0.3) is 0 Å². The molecule has 2 aromatic rings. The summed E-state index contributed by atoms with van der Waals surface area (Å²) in [7, 11) is 0. The minimum absolute atomic E-state index is 0.0585. The van der Waals surface area contributed by atoms with Gasteiger partial charge in [-0.2, -0.15) is 0 Å². The van der Waals surface area contributed by atoms with E-state index in [1.54, 1.807) is 30.3 Å². The van der Waals surface area contributed by atoms with E-state index in [9.17, 15) is 33.9 Å². The van der Waals surface area contributed by atoms with Crippen molar-refractivity contribution in [3.63, 3.8) is 0 Å². The van der Waals surface area contributed by atoms with Gasteiger partial charge in [-0.15, -0.1) is 0 Å². The van der Waals surface area contributed by atoms with Crippen LogP contribution in [0.2, 0.25) is 0 Å². The Morgan fingerprint density at radius 2 is 1.71 bits per heavy atom. The summed E-state index contributed by atoms with van der Waals surface area (Å²) in [5, 5.41) is 20.5. The summed E-state index contributed by atoms with van der Waals surface area (Å²) < 4.78 is 12.1. The Hall–Kier alpha value is -4.82. The molecule has 14 heteroatoms. The first-order valence-corrected chi connectivity index (χ1v) is 19.7. The van der Waals surface area contributed by atoms with E-state index in [1.165, 1.54) is 4.90 Å². The van der Waals surface area contributed by atoms with Crippen molar-refractivity contribution in [2.24, 2.45) is 5.92 Å². The Bertz CT molecular complexity index is 1630. The van der Waals surface area contributed by atoms with Gasteiger partial charge in [-0.1, -0.05) is 75.1 Å². The van der Waals surface area contributed by atoms with Gasteiger partial charge in [0.2, 0.25) is 29.4 Å². The highest BCUT2D eigenvalue weighted by atomic mass is 16.5. The van der Waals surface area contributed by atoms with Gasteiger partial charge in [0.25, 0.3) is 5.91 Å². The summed E-state index contributed by atoms with van der Waals surface area (Å²) >= 11 is 0. The molecule has 1 saturated carbocycles. The van der Waals surface area contributed by atoms with Gasteiger partial charge in [-0.3, -0.25) is 28.8 Å². The van der Waals surface area contributed by atoms with Crippen molar-refractivity contribution < 1.29 is 43.3 Å². The van der Waals surface area contributed by atoms with E-state index < -0.39 is 60.3 Å². The van der Waals surface area contributed by atoms with Crippen molar-refractivity contribution in [2.45, 2.75) is 108 Å². The second-order valence-corrected chi connectivity index (χ2v) is 14.7. The molecule has 2 aliphatic heterocycles. The number of nitrogens with zero attached hydrogens (tertiary/aromatic N) is 1. The van der Waals surface area contributed by atoms with Gasteiger partial charge in [0.05, 0.1) is 44.4 Å². The van der Waals surface area contributed by atoms with Gasteiger partial charge in [0.1, 0.15) is 17.8 Å². The Balaban J connectivity index is 1.28. The third kappa shape index (κ3) is 11.8. The zero-order valence-electron chi connectivity index (χ0n) is 31.6. The Labute approximate surface area is 322 Å². The fourth-order valence-corrected chi connectivity index (χ4v) is 7.63. The zero-order valence-corrected chi connectivity index (χ0v) is 31.6. The van der Waals surface area contributed by atoms with Gasteiger partial charge >= 0.3 is 0 Å². The smallest absolute Gasteiger partial charge is 0.290 e. The lowest BCUT2D eigenvalue weighted by atomic mass is 9.83. The fourth-order valence-electron chi connectivity index (χ4n) is 7.63. The molecule has 5 amide bonds. The van der Waals surface area contributed by atoms with Gasteiger partial charge in [0.15, 0.2) is 0 Å². The average molecular weight is 762 g/mol. The van der Waals surface area contributed by atoms with Crippen LogP contribution in [0.15, 0.2) is 54.6 Å². The van der Waals surface area contributed by atoms with Gasteiger partial charge < -0.3 is 40.7 Å². The maximum Gasteiger partial charge on any atom is 0.290 e. The van der Waals surface area contributed by atoms with Gasteiger partial charge in [-0.05, 0) is 61.3 Å². The van der Waals surface area contributed by atoms with Crippen LogP contribution >= 0.6 is 0 Å². The lowest BCUT2D eigenvalue weighted by molar-refractivity contribution is -0.144. The number of hydrogen-bond acceptors (Lipinski definition) is 9. The van der Waals surface area contributed by atoms with E-state index in [0.29, 0.717) is 43.8 Å². The number of carbonyl (C=O) groups excluding carboxylic acids is 6. The van der Waals surface area contributed by atoms with E-state index in [0.717, 1.165) is 37.7 Å². The first-order valence-electron chi connectivity index (χ1n) is 19.7. The molecule has 55 heavy (non-hydrogen) atoms. The first-order chi connectivity index (χ1) is 26.7. The number of rotatable bonds is 12. The number of benzene rings is 2. The van der Waals surface area contributed by atoms with Crippen LogP contribution < -0.4 is 26.0 Å². The number of aliphatic hydroxyl groups excluding tert-OH is 1. The number of ether oxygens (including phenoxy) is 2. The van der Waals surface area contributed by atoms with E-state index in [2.05, 4.69) is 21.3 Å².